The van der Waals surface area contributed by atoms with Gasteiger partial charge in [-0.1, -0.05) is 15.9 Å². The van der Waals surface area contributed by atoms with Crippen LogP contribution in [0.4, 0.5) is 11.5 Å². The summed E-state index contributed by atoms with van der Waals surface area (Å²) in [6, 6.07) is 6.27. The van der Waals surface area contributed by atoms with Gasteiger partial charge < -0.3 is 15.4 Å². The summed E-state index contributed by atoms with van der Waals surface area (Å²) in [5.74, 6) is 0.678. The molecule has 2 heterocycles. The summed E-state index contributed by atoms with van der Waals surface area (Å²) in [5.41, 5.74) is 9.37. The normalized spacial score (nSPS) is 15.6. The van der Waals surface area contributed by atoms with E-state index in [-0.39, 0.29) is 0 Å². The van der Waals surface area contributed by atoms with E-state index in [0.717, 1.165) is 41.9 Å². The Morgan fingerprint density at radius 1 is 1.25 bits per heavy atom. The number of nitrogen functional groups attached to an aromatic ring is 1. The first-order valence-electron chi connectivity index (χ1n) is 6.57. The van der Waals surface area contributed by atoms with Crippen molar-refractivity contribution in [3.05, 3.63) is 28.9 Å². The van der Waals surface area contributed by atoms with Gasteiger partial charge in [0, 0.05) is 41.4 Å². The summed E-state index contributed by atoms with van der Waals surface area (Å²) >= 11 is 3.54. The Balaban J connectivity index is 2.08. The van der Waals surface area contributed by atoms with Gasteiger partial charge in [0.1, 0.15) is 5.82 Å². The zero-order chi connectivity index (χ0) is 14.1. The number of hydrogen-bond acceptors (Lipinski definition) is 4. The lowest BCUT2D eigenvalue weighted by Gasteiger charge is -2.30. The van der Waals surface area contributed by atoms with Crippen LogP contribution in [0.5, 0.6) is 0 Å². The van der Waals surface area contributed by atoms with Crippen molar-refractivity contribution in [2.75, 3.05) is 36.9 Å². The molecule has 1 aliphatic heterocycles. The Labute approximate surface area is 126 Å². The number of morpholine rings is 1. The van der Waals surface area contributed by atoms with Gasteiger partial charge in [-0.3, -0.25) is 4.68 Å². The molecule has 0 unspecified atom stereocenters. The number of ether oxygens (including phenoxy) is 1. The van der Waals surface area contributed by atoms with Crippen molar-refractivity contribution < 1.29 is 4.74 Å². The van der Waals surface area contributed by atoms with Gasteiger partial charge in [0.2, 0.25) is 0 Å². The molecule has 1 saturated heterocycles. The molecule has 0 atom stereocenters. The van der Waals surface area contributed by atoms with Crippen LogP contribution < -0.4 is 10.6 Å². The van der Waals surface area contributed by atoms with Crippen molar-refractivity contribution in [2.45, 2.75) is 0 Å². The molecular formula is C14H17BrN4O. The number of nitrogens with two attached hydrogens (primary N) is 1. The highest BCUT2D eigenvalue weighted by Crippen LogP contribution is 2.36. The summed E-state index contributed by atoms with van der Waals surface area (Å²) in [5, 5.41) is 4.24. The van der Waals surface area contributed by atoms with Crippen molar-refractivity contribution in [3.8, 4) is 11.1 Å². The van der Waals surface area contributed by atoms with Crippen LogP contribution >= 0.6 is 15.9 Å². The highest BCUT2D eigenvalue weighted by molar-refractivity contribution is 9.10. The molecule has 0 bridgehead atoms. The minimum absolute atomic E-state index is 0.678. The van der Waals surface area contributed by atoms with Crippen molar-refractivity contribution in [1.29, 1.82) is 0 Å². The fourth-order valence-corrected chi connectivity index (χ4v) is 2.82. The largest absolute Gasteiger partial charge is 0.383 e. The van der Waals surface area contributed by atoms with Crippen molar-refractivity contribution >= 4 is 27.4 Å². The Morgan fingerprint density at radius 3 is 2.65 bits per heavy atom. The summed E-state index contributed by atoms with van der Waals surface area (Å²) in [6.07, 6.45) is 1.82. The minimum Gasteiger partial charge on any atom is -0.383 e. The highest BCUT2D eigenvalue weighted by Gasteiger charge is 2.18. The Morgan fingerprint density at radius 2 is 2.00 bits per heavy atom. The summed E-state index contributed by atoms with van der Waals surface area (Å²) in [6.45, 7) is 3.32. The van der Waals surface area contributed by atoms with E-state index >= 15 is 0 Å². The third kappa shape index (κ3) is 2.41. The van der Waals surface area contributed by atoms with Gasteiger partial charge in [0.15, 0.2) is 0 Å². The van der Waals surface area contributed by atoms with Crippen LogP contribution in [0, 0.1) is 0 Å². The maximum atomic E-state index is 6.13. The first-order chi connectivity index (χ1) is 9.66. The molecule has 106 valence electrons. The van der Waals surface area contributed by atoms with E-state index in [9.17, 15) is 0 Å². The maximum Gasteiger partial charge on any atom is 0.129 e. The summed E-state index contributed by atoms with van der Waals surface area (Å²) in [4.78, 5) is 2.33. The molecule has 6 heteroatoms. The molecule has 1 fully saturated rings. The van der Waals surface area contributed by atoms with E-state index in [4.69, 9.17) is 10.5 Å². The second-order valence-electron chi connectivity index (χ2n) is 4.83. The van der Waals surface area contributed by atoms with Crippen LogP contribution in [-0.2, 0) is 11.8 Å². The van der Waals surface area contributed by atoms with Gasteiger partial charge in [-0.25, -0.2) is 0 Å². The number of aromatic nitrogens is 2. The Bertz CT molecular complexity index is 620. The van der Waals surface area contributed by atoms with Crippen molar-refractivity contribution in [2.24, 2.45) is 7.05 Å². The molecule has 1 aromatic heterocycles. The molecule has 1 aromatic carbocycles. The first kappa shape index (κ1) is 13.5. The lowest BCUT2D eigenvalue weighted by atomic mass is 10.1. The Hall–Kier alpha value is -1.53. The van der Waals surface area contributed by atoms with Gasteiger partial charge in [-0.05, 0) is 18.2 Å². The third-order valence-electron chi connectivity index (χ3n) is 3.59. The molecule has 1 aliphatic rings. The maximum absolute atomic E-state index is 6.13. The first-order valence-corrected chi connectivity index (χ1v) is 7.36. The SMILES string of the molecule is Cn1ncc(-c2cc(Br)ccc2N2CCOCC2)c1N. The molecule has 0 amide bonds. The number of rotatable bonds is 2. The molecule has 2 aromatic rings. The number of halogens is 1. The third-order valence-corrected chi connectivity index (χ3v) is 4.08. The topological polar surface area (TPSA) is 56.3 Å². The van der Waals surface area contributed by atoms with Crippen LogP contribution in [0.25, 0.3) is 11.1 Å². The predicted molar refractivity (Wildman–Crippen MR) is 83.8 cm³/mol. The molecule has 0 spiro atoms. The molecular weight excluding hydrogens is 320 g/mol. The minimum atomic E-state index is 0.678. The fourth-order valence-electron chi connectivity index (χ4n) is 2.46. The molecule has 3 rings (SSSR count). The van der Waals surface area contributed by atoms with Crippen molar-refractivity contribution in [3.63, 3.8) is 0 Å². The van der Waals surface area contributed by atoms with Crippen LogP contribution in [-0.4, -0.2) is 36.1 Å². The average molecular weight is 337 g/mol. The molecule has 2 N–H and O–H groups in total. The standard InChI is InChI=1S/C14H17BrN4O/c1-18-14(16)12(9-17-18)11-8-10(15)2-3-13(11)19-4-6-20-7-5-19/h2-3,8-9H,4-7,16H2,1H3. The van der Waals surface area contributed by atoms with Gasteiger partial charge in [-0.15, -0.1) is 0 Å². The molecule has 0 saturated carbocycles. The van der Waals surface area contributed by atoms with Crippen LogP contribution in [0.15, 0.2) is 28.9 Å². The second kappa shape index (κ2) is 5.46. The molecule has 5 nitrogen and oxygen atoms in total. The molecule has 20 heavy (non-hydrogen) atoms. The number of hydrogen-bond donors (Lipinski definition) is 1. The Kier molecular flexibility index (Phi) is 3.67. The van der Waals surface area contributed by atoms with Gasteiger partial charge >= 0.3 is 0 Å². The van der Waals surface area contributed by atoms with E-state index in [1.54, 1.807) is 4.68 Å². The fraction of sp³-hybridized carbons (Fsp3) is 0.357. The molecule has 0 aliphatic carbocycles. The van der Waals surface area contributed by atoms with E-state index < -0.39 is 0 Å². The van der Waals surface area contributed by atoms with Crippen molar-refractivity contribution in [1.82, 2.24) is 9.78 Å². The van der Waals surface area contributed by atoms with Crippen LogP contribution in [0.2, 0.25) is 0 Å². The average Bonchev–Trinajstić information content (AvgIpc) is 2.80. The van der Waals surface area contributed by atoms with Crippen LogP contribution in [0.1, 0.15) is 0 Å². The predicted octanol–water partition coefficient (Wildman–Crippen LogP) is 2.27. The molecule has 0 radical (unpaired) electrons. The van der Waals surface area contributed by atoms with E-state index in [2.05, 4.69) is 44.1 Å². The van der Waals surface area contributed by atoms with Gasteiger partial charge in [0.05, 0.1) is 19.4 Å². The lowest BCUT2D eigenvalue weighted by molar-refractivity contribution is 0.123. The summed E-state index contributed by atoms with van der Waals surface area (Å²) in [7, 11) is 1.85. The number of nitrogens with zero attached hydrogens (tertiary/aromatic N) is 3. The highest BCUT2D eigenvalue weighted by atomic mass is 79.9. The van der Waals surface area contributed by atoms with Crippen LogP contribution in [0.3, 0.4) is 0 Å². The van der Waals surface area contributed by atoms with Gasteiger partial charge in [0.25, 0.3) is 0 Å². The van der Waals surface area contributed by atoms with E-state index in [1.165, 1.54) is 5.69 Å². The second-order valence-corrected chi connectivity index (χ2v) is 5.74. The lowest BCUT2D eigenvalue weighted by Crippen LogP contribution is -2.36. The summed E-state index contributed by atoms with van der Waals surface area (Å²) < 4.78 is 8.16. The quantitative estimate of drug-likeness (QED) is 0.913. The van der Waals surface area contributed by atoms with Gasteiger partial charge in [-0.2, -0.15) is 5.10 Å². The zero-order valence-corrected chi connectivity index (χ0v) is 12.9. The number of benzene rings is 1. The van der Waals surface area contributed by atoms with E-state index in [0.29, 0.717) is 5.82 Å². The number of aryl methyl sites for hydroxylation is 1. The zero-order valence-electron chi connectivity index (χ0n) is 11.3. The van der Waals surface area contributed by atoms with E-state index in [1.807, 2.05) is 13.2 Å². The smallest absolute Gasteiger partial charge is 0.129 e. The monoisotopic (exact) mass is 336 g/mol. The number of anilines is 2.